The molecule has 1 aromatic heterocycles. The Morgan fingerprint density at radius 3 is 2.73 bits per heavy atom. The lowest BCUT2D eigenvalue weighted by Gasteiger charge is -2.14. The zero-order valence-corrected chi connectivity index (χ0v) is 13.5. The second kappa shape index (κ2) is 7.22. The van der Waals surface area contributed by atoms with Crippen molar-refractivity contribution in [3.8, 4) is 11.6 Å². The van der Waals surface area contributed by atoms with Gasteiger partial charge in [-0.1, -0.05) is 6.07 Å². The normalized spacial score (nSPS) is 10.6. The summed E-state index contributed by atoms with van der Waals surface area (Å²) in [5.74, 6) is 0.555. The number of carbonyl (C=O) groups is 1. The lowest BCUT2D eigenvalue weighted by atomic mass is 10.1. The molecule has 2 rings (SSSR count). The molecule has 0 radical (unpaired) electrons. The van der Waals surface area contributed by atoms with E-state index in [1.807, 2.05) is 0 Å². The fourth-order valence-corrected chi connectivity index (χ4v) is 2.05. The molecule has 0 N–H and O–H groups in total. The van der Waals surface area contributed by atoms with E-state index in [0.717, 1.165) is 0 Å². The van der Waals surface area contributed by atoms with Crippen LogP contribution in [0, 0.1) is 0 Å². The summed E-state index contributed by atoms with van der Waals surface area (Å²) in [7, 11) is 1.54. The first-order valence-corrected chi connectivity index (χ1v) is 7.16. The number of esters is 1. The van der Waals surface area contributed by atoms with Crippen LogP contribution in [0.4, 0.5) is 0 Å². The van der Waals surface area contributed by atoms with Crippen LogP contribution in [0.25, 0.3) is 0 Å². The molecule has 118 valence electrons. The van der Waals surface area contributed by atoms with E-state index in [1.165, 1.54) is 4.09 Å². The molecule has 0 atom stereocenters. The van der Waals surface area contributed by atoms with Crippen molar-refractivity contribution in [3.63, 3.8) is 0 Å². The summed E-state index contributed by atoms with van der Waals surface area (Å²) in [5.41, 5.74) is 1.03. The second-order valence-electron chi connectivity index (χ2n) is 4.80. The summed E-state index contributed by atoms with van der Waals surface area (Å²) in [6.07, 6.45) is 1.45. The third-order valence-corrected chi connectivity index (χ3v) is 3.05. The lowest BCUT2D eigenvalue weighted by molar-refractivity contribution is 0.0374. The summed E-state index contributed by atoms with van der Waals surface area (Å²) in [6.45, 7) is 3.73. The number of methoxy groups -OCH3 is 1. The minimum atomic E-state index is -0.410. The average molecular weight is 322 g/mol. The molecule has 0 aliphatic carbocycles. The van der Waals surface area contributed by atoms with Gasteiger partial charge in [0.1, 0.15) is 12.4 Å². The van der Waals surface area contributed by atoms with Crippen molar-refractivity contribution >= 4 is 18.8 Å². The molecular formula is C15H18N2O4S. The molecule has 7 heteroatoms. The molecule has 0 saturated carbocycles. The molecule has 0 saturated heterocycles. The Morgan fingerprint density at radius 2 is 2.14 bits per heavy atom. The monoisotopic (exact) mass is 322 g/mol. The predicted octanol–water partition coefficient (Wildman–Crippen LogP) is 2.73. The van der Waals surface area contributed by atoms with Gasteiger partial charge in [0, 0.05) is 17.8 Å². The summed E-state index contributed by atoms with van der Waals surface area (Å²) < 4.78 is 17.5. The van der Waals surface area contributed by atoms with Gasteiger partial charge in [0.2, 0.25) is 5.88 Å². The smallest absolute Gasteiger partial charge is 0.338 e. The molecule has 0 fully saturated rings. The fourth-order valence-electron chi connectivity index (χ4n) is 1.90. The van der Waals surface area contributed by atoms with Gasteiger partial charge >= 0.3 is 5.97 Å². The highest BCUT2D eigenvalue weighted by Gasteiger charge is 2.18. The van der Waals surface area contributed by atoms with Crippen LogP contribution in [0.5, 0.6) is 11.6 Å². The van der Waals surface area contributed by atoms with Crippen LogP contribution in [-0.2, 0) is 11.3 Å². The zero-order chi connectivity index (χ0) is 16.1. The SMILES string of the molecule is COc1cccc(C(=O)OC(C)C)c1COc1ccn(S)n1. The number of thiol groups is 1. The highest BCUT2D eigenvalue weighted by molar-refractivity contribution is 7.78. The number of nitrogens with zero attached hydrogens (tertiary/aromatic N) is 2. The number of carbonyl (C=O) groups excluding carboxylic acids is 1. The maximum absolute atomic E-state index is 12.2. The molecule has 0 spiro atoms. The van der Waals surface area contributed by atoms with E-state index in [0.29, 0.717) is 22.8 Å². The van der Waals surface area contributed by atoms with Crippen molar-refractivity contribution < 1.29 is 19.0 Å². The van der Waals surface area contributed by atoms with Gasteiger partial charge in [-0.3, -0.25) is 0 Å². The minimum absolute atomic E-state index is 0.136. The summed E-state index contributed by atoms with van der Waals surface area (Å²) in [4.78, 5) is 12.2. The molecule has 1 aromatic carbocycles. The van der Waals surface area contributed by atoms with Crippen molar-refractivity contribution in [3.05, 3.63) is 41.6 Å². The quantitative estimate of drug-likeness (QED) is 0.654. The van der Waals surface area contributed by atoms with Crippen molar-refractivity contribution in [2.24, 2.45) is 0 Å². The van der Waals surface area contributed by atoms with Gasteiger partial charge in [0.05, 0.1) is 18.8 Å². The van der Waals surface area contributed by atoms with E-state index in [4.69, 9.17) is 14.2 Å². The summed E-state index contributed by atoms with van der Waals surface area (Å²) >= 11 is 4.04. The van der Waals surface area contributed by atoms with Gasteiger partial charge in [0.25, 0.3) is 0 Å². The Morgan fingerprint density at radius 1 is 1.36 bits per heavy atom. The first kappa shape index (κ1) is 16.2. The third-order valence-electron chi connectivity index (χ3n) is 2.83. The standard InChI is InChI=1S/C15H18N2O4S/c1-10(2)21-15(18)11-5-4-6-13(19-3)12(11)9-20-14-7-8-17(22)16-14/h4-8,10,22H,9H2,1-3H3. The van der Waals surface area contributed by atoms with Crippen LogP contribution in [0.2, 0.25) is 0 Å². The largest absolute Gasteiger partial charge is 0.496 e. The molecule has 1 heterocycles. The predicted molar refractivity (Wildman–Crippen MR) is 84.5 cm³/mol. The molecular weight excluding hydrogens is 304 g/mol. The molecule has 0 aliphatic rings. The van der Waals surface area contributed by atoms with Crippen LogP contribution in [0.15, 0.2) is 30.5 Å². The Labute approximate surface area is 134 Å². The molecule has 2 aromatic rings. The molecule has 0 bridgehead atoms. The third kappa shape index (κ3) is 3.94. The number of hydrogen-bond acceptors (Lipinski definition) is 6. The molecule has 0 aliphatic heterocycles. The Kier molecular flexibility index (Phi) is 5.32. The first-order valence-electron chi connectivity index (χ1n) is 6.76. The van der Waals surface area contributed by atoms with Crippen LogP contribution in [0.1, 0.15) is 29.8 Å². The number of ether oxygens (including phenoxy) is 3. The molecule has 6 nitrogen and oxygen atoms in total. The zero-order valence-electron chi connectivity index (χ0n) is 12.6. The number of rotatable bonds is 6. The van der Waals surface area contributed by atoms with E-state index < -0.39 is 5.97 Å². The summed E-state index contributed by atoms with van der Waals surface area (Å²) in [5, 5.41) is 4.01. The van der Waals surface area contributed by atoms with Gasteiger partial charge < -0.3 is 14.2 Å². The molecule has 22 heavy (non-hydrogen) atoms. The lowest BCUT2D eigenvalue weighted by Crippen LogP contribution is -2.15. The highest BCUT2D eigenvalue weighted by atomic mass is 32.1. The molecule has 0 unspecified atom stereocenters. The Hall–Kier alpha value is -2.15. The van der Waals surface area contributed by atoms with Gasteiger partial charge in [0.15, 0.2) is 0 Å². The number of benzene rings is 1. The van der Waals surface area contributed by atoms with E-state index >= 15 is 0 Å². The van der Waals surface area contributed by atoms with Crippen molar-refractivity contribution in [2.45, 2.75) is 26.6 Å². The second-order valence-corrected chi connectivity index (χ2v) is 5.21. The maximum atomic E-state index is 12.2. The van der Waals surface area contributed by atoms with E-state index in [1.54, 1.807) is 51.4 Å². The summed E-state index contributed by atoms with van der Waals surface area (Å²) in [6, 6.07) is 6.86. The van der Waals surface area contributed by atoms with Crippen LogP contribution < -0.4 is 9.47 Å². The van der Waals surface area contributed by atoms with Crippen LogP contribution in [-0.4, -0.2) is 28.4 Å². The number of aromatic nitrogens is 2. The van der Waals surface area contributed by atoms with E-state index in [2.05, 4.69) is 17.9 Å². The molecule has 0 amide bonds. The van der Waals surface area contributed by atoms with Crippen molar-refractivity contribution in [2.75, 3.05) is 7.11 Å². The first-order chi connectivity index (χ1) is 10.5. The van der Waals surface area contributed by atoms with Crippen molar-refractivity contribution in [1.82, 2.24) is 9.19 Å². The minimum Gasteiger partial charge on any atom is -0.496 e. The fraction of sp³-hybridized carbons (Fsp3) is 0.333. The Bertz CT molecular complexity index is 655. The van der Waals surface area contributed by atoms with Gasteiger partial charge in [-0.05, 0) is 38.8 Å². The number of hydrogen-bond donors (Lipinski definition) is 1. The highest BCUT2D eigenvalue weighted by Crippen LogP contribution is 2.25. The topological polar surface area (TPSA) is 62.6 Å². The van der Waals surface area contributed by atoms with Crippen LogP contribution >= 0.6 is 12.8 Å². The van der Waals surface area contributed by atoms with E-state index in [9.17, 15) is 4.79 Å². The maximum Gasteiger partial charge on any atom is 0.338 e. The Balaban J connectivity index is 2.24. The van der Waals surface area contributed by atoms with Crippen LogP contribution in [0.3, 0.4) is 0 Å². The van der Waals surface area contributed by atoms with Crippen molar-refractivity contribution in [1.29, 1.82) is 0 Å². The van der Waals surface area contributed by atoms with Gasteiger partial charge in [-0.25, -0.2) is 8.88 Å². The van der Waals surface area contributed by atoms with E-state index in [-0.39, 0.29) is 12.7 Å². The van der Waals surface area contributed by atoms with Gasteiger partial charge in [-0.15, -0.1) is 5.10 Å². The van der Waals surface area contributed by atoms with Gasteiger partial charge in [-0.2, -0.15) is 0 Å². The average Bonchev–Trinajstić information content (AvgIpc) is 2.89.